The largest absolute Gasteiger partial charge is 0.396 e. The summed E-state index contributed by atoms with van der Waals surface area (Å²) >= 11 is 0. The van der Waals surface area contributed by atoms with Crippen LogP contribution in [0.15, 0.2) is 18.2 Å². The fourth-order valence-corrected chi connectivity index (χ4v) is 2.09. The Morgan fingerprint density at radius 1 is 1.47 bits per heavy atom. The molecule has 0 aliphatic heterocycles. The molecule has 0 amide bonds. The second-order valence-corrected chi connectivity index (χ2v) is 4.00. The Bertz CT molecular complexity index is 389. The number of rotatable bonds is 2. The van der Waals surface area contributed by atoms with E-state index in [2.05, 4.69) is 0 Å². The SMILES string of the molecule is O=[N+]([O-])c1ccc2c(c1)C[C@H](CO)CC2. The van der Waals surface area contributed by atoms with Gasteiger partial charge in [-0.3, -0.25) is 10.1 Å². The third-order valence-corrected chi connectivity index (χ3v) is 2.99. The van der Waals surface area contributed by atoms with Crippen molar-refractivity contribution in [1.29, 1.82) is 0 Å². The van der Waals surface area contributed by atoms with E-state index in [0.717, 1.165) is 24.8 Å². The van der Waals surface area contributed by atoms with E-state index in [1.165, 1.54) is 5.56 Å². The molecule has 1 aliphatic rings. The minimum Gasteiger partial charge on any atom is -0.396 e. The number of hydrogen-bond donors (Lipinski definition) is 1. The van der Waals surface area contributed by atoms with Gasteiger partial charge in [-0.25, -0.2) is 0 Å². The molecule has 1 aromatic rings. The monoisotopic (exact) mass is 207 g/mol. The van der Waals surface area contributed by atoms with Crippen LogP contribution in [0.3, 0.4) is 0 Å². The van der Waals surface area contributed by atoms with Crippen molar-refractivity contribution in [2.24, 2.45) is 5.92 Å². The van der Waals surface area contributed by atoms with Gasteiger partial charge in [-0.1, -0.05) is 6.07 Å². The minimum absolute atomic E-state index is 0.146. The minimum atomic E-state index is -0.372. The van der Waals surface area contributed by atoms with Crippen molar-refractivity contribution in [3.05, 3.63) is 39.4 Å². The van der Waals surface area contributed by atoms with E-state index in [1.54, 1.807) is 12.1 Å². The van der Waals surface area contributed by atoms with Crippen molar-refractivity contribution >= 4 is 5.69 Å². The van der Waals surface area contributed by atoms with Gasteiger partial charge in [0.25, 0.3) is 5.69 Å². The van der Waals surface area contributed by atoms with Crippen LogP contribution in [0.4, 0.5) is 5.69 Å². The first-order chi connectivity index (χ1) is 7.20. The van der Waals surface area contributed by atoms with Gasteiger partial charge in [-0.05, 0) is 36.3 Å². The molecule has 0 unspecified atom stereocenters. The molecule has 0 saturated heterocycles. The first kappa shape index (κ1) is 10.1. The van der Waals surface area contributed by atoms with Crippen LogP contribution < -0.4 is 0 Å². The van der Waals surface area contributed by atoms with Crippen LogP contribution in [0.2, 0.25) is 0 Å². The highest BCUT2D eigenvalue weighted by atomic mass is 16.6. The van der Waals surface area contributed by atoms with Crippen molar-refractivity contribution < 1.29 is 10.0 Å². The van der Waals surface area contributed by atoms with Crippen LogP contribution in [0.1, 0.15) is 17.5 Å². The van der Waals surface area contributed by atoms with Crippen LogP contribution in [0.5, 0.6) is 0 Å². The molecular weight excluding hydrogens is 194 g/mol. The van der Waals surface area contributed by atoms with Crippen molar-refractivity contribution in [1.82, 2.24) is 0 Å². The summed E-state index contributed by atoms with van der Waals surface area (Å²) in [7, 11) is 0. The van der Waals surface area contributed by atoms with Gasteiger partial charge in [0.05, 0.1) is 4.92 Å². The van der Waals surface area contributed by atoms with Gasteiger partial charge in [0.15, 0.2) is 0 Å². The Hall–Kier alpha value is -1.42. The lowest BCUT2D eigenvalue weighted by Crippen LogP contribution is -2.17. The number of fused-ring (bicyclic) bond motifs is 1. The van der Waals surface area contributed by atoms with Gasteiger partial charge in [0.1, 0.15) is 0 Å². The van der Waals surface area contributed by atoms with E-state index in [9.17, 15) is 10.1 Å². The topological polar surface area (TPSA) is 63.4 Å². The fourth-order valence-electron chi connectivity index (χ4n) is 2.09. The molecule has 1 aromatic carbocycles. The van der Waals surface area contributed by atoms with E-state index >= 15 is 0 Å². The summed E-state index contributed by atoms with van der Waals surface area (Å²) in [5.74, 6) is 0.263. The van der Waals surface area contributed by atoms with E-state index in [0.29, 0.717) is 0 Å². The Labute approximate surface area is 87.7 Å². The highest BCUT2D eigenvalue weighted by Gasteiger charge is 2.20. The van der Waals surface area contributed by atoms with Crippen LogP contribution in [-0.4, -0.2) is 16.6 Å². The molecule has 4 nitrogen and oxygen atoms in total. The zero-order chi connectivity index (χ0) is 10.8. The number of benzene rings is 1. The number of non-ortho nitro benzene ring substituents is 1. The first-order valence-corrected chi connectivity index (χ1v) is 5.07. The van der Waals surface area contributed by atoms with Gasteiger partial charge in [0.2, 0.25) is 0 Å². The maximum atomic E-state index is 10.6. The summed E-state index contributed by atoms with van der Waals surface area (Å²) in [4.78, 5) is 10.2. The molecule has 4 heteroatoms. The molecule has 0 radical (unpaired) electrons. The molecule has 0 saturated carbocycles. The Balaban J connectivity index is 2.30. The number of hydrogen-bond acceptors (Lipinski definition) is 3. The van der Waals surface area contributed by atoms with Gasteiger partial charge in [-0.2, -0.15) is 0 Å². The van der Waals surface area contributed by atoms with Gasteiger partial charge in [-0.15, -0.1) is 0 Å². The van der Waals surface area contributed by atoms with Crippen molar-refractivity contribution in [3.8, 4) is 0 Å². The van der Waals surface area contributed by atoms with Crippen LogP contribution in [0.25, 0.3) is 0 Å². The zero-order valence-electron chi connectivity index (χ0n) is 8.35. The second kappa shape index (κ2) is 3.98. The van der Waals surface area contributed by atoms with Crippen LogP contribution in [0, 0.1) is 16.0 Å². The summed E-state index contributed by atoms with van der Waals surface area (Å²) in [6, 6.07) is 5.02. The number of nitro groups is 1. The zero-order valence-corrected chi connectivity index (χ0v) is 8.35. The predicted octanol–water partition coefficient (Wildman–Crippen LogP) is 1.69. The third-order valence-electron chi connectivity index (χ3n) is 2.99. The maximum absolute atomic E-state index is 10.6. The Kier molecular flexibility index (Phi) is 2.68. The molecule has 80 valence electrons. The summed E-state index contributed by atoms with van der Waals surface area (Å²) in [5, 5.41) is 19.7. The van der Waals surface area contributed by atoms with Gasteiger partial charge >= 0.3 is 0 Å². The molecule has 0 fully saturated rings. The normalized spacial score (nSPS) is 19.7. The van der Waals surface area contributed by atoms with E-state index in [4.69, 9.17) is 5.11 Å². The number of aryl methyl sites for hydroxylation is 1. The lowest BCUT2D eigenvalue weighted by Gasteiger charge is -2.22. The molecule has 15 heavy (non-hydrogen) atoms. The Morgan fingerprint density at radius 2 is 2.27 bits per heavy atom. The highest BCUT2D eigenvalue weighted by Crippen LogP contribution is 2.28. The second-order valence-electron chi connectivity index (χ2n) is 4.00. The van der Waals surface area contributed by atoms with Crippen LogP contribution in [-0.2, 0) is 12.8 Å². The molecule has 0 bridgehead atoms. The van der Waals surface area contributed by atoms with E-state index in [-0.39, 0.29) is 23.1 Å². The summed E-state index contributed by atoms with van der Waals surface area (Å²) in [6.45, 7) is 0.169. The first-order valence-electron chi connectivity index (χ1n) is 5.07. The molecule has 1 aliphatic carbocycles. The quantitative estimate of drug-likeness (QED) is 0.593. The van der Waals surface area contributed by atoms with Gasteiger partial charge in [0, 0.05) is 18.7 Å². The maximum Gasteiger partial charge on any atom is 0.269 e. The van der Waals surface area contributed by atoms with E-state index < -0.39 is 0 Å². The van der Waals surface area contributed by atoms with Crippen molar-refractivity contribution in [3.63, 3.8) is 0 Å². The standard InChI is InChI=1S/C11H13NO3/c13-7-8-1-2-9-3-4-11(12(14)15)6-10(9)5-8/h3-4,6,8,13H,1-2,5,7H2/t8-/m1/s1. The summed E-state index contributed by atoms with van der Waals surface area (Å²) < 4.78 is 0. The number of nitrogens with zero attached hydrogens (tertiary/aromatic N) is 1. The fraction of sp³-hybridized carbons (Fsp3) is 0.455. The van der Waals surface area contributed by atoms with Gasteiger partial charge < -0.3 is 5.11 Å². The Morgan fingerprint density at radius 3 is 2.93 bits per heavy atom. The molecule has 2 rings (SSSR count). The van der Waals surface area contributed by atoms with Crippen LogP contribution >= 0.6 is 0 Å². The number of aliphatic hydroxyl groups is 1. The molecule has 1 atom stereocenters. The molecule has 0 aromatic heterocycles. The van der Waals surface area contributed by atoms with Crippen molar-refractivity contribution in [2.75, 3.05) is 6.61 Å². The van der Waals surface area contributed by atoms with Crippen molar-refractivity contribution in [2.45, 2.75) is 19.3 Å². The molecule has 1 N–H and O–H groups in total. The average Bonchev–Trinajstić information content (AvgIpc) is 2.27. The molecular formula is C11H13NO3. The third kappa shape index (κ3) is 1.99. The smallest absolute Gasteiger partial charge is 0.269 e. The summed E-state index contributed by atoms with van der Waals surface area (Å²) in [6.07, 6.45) is 2.65. The number of aliphatic hydroxyl groups excluding tert-OH is 1. The lowest BCUT2D eigenvalue weighted by molar-refractivity contribution is -0.384. The lowest BCUT2D eigenvalue weighted by atomic mass is 9.84. The average molecular weight is 207 g/mol. The molecule has 0 heterocycles. The highest BCUT2D eigenvalue weighted by molar-refractivity contribution is 5.41. The molecule has 0 spiro atoms. The number of nitro benzene ring substituents is 1. The summed E-state index contributed by atoms with van der Waals surface area (Å²) in [5.41, 5.74) is 2.35. The predicted molar refractivity (Wildman–Crippen MR) is 55.7 cm³/mol. The van der Waals surface area contributed by atoms with E-state index in [1.807, 2.05) is 6.07 Å².